The highest BCUT2D eigenvalue weighted by Crippen LogP contribution is 2.55. The summed E-state index contributed by atoms with van der Waals surface area (Å²) < 4.78 is 0. The molecule has 4 fully saturated rings. The second-order valence-electron chi connectivity index (χ2n) is 9.90. The average molecular weight is 371 g/mol. The maximum absolute atomic E-state index is 5.84. The minimum Gasteiger partial charge on any atom is -0.357 e. The summed E-state index contributed by atoms with van der Waals surface area (Å²) in [6, 6.07) is 6.67. The average Bonchev–Trinajstić information content (AvgIpc) is 2.52. The van der Waals surface area contributed by atoms with E-state index in [4.69, 9.17) is 12.2 Å². The Morgan fingerprint density at radius 2 is 1.38 bits per heavy atom. The third-order valence-electron chi connectivity index (χ3n) is 7.03. The lowest BCUT2D eigenvalue weighted by atomic mass is 9.53. The molecule has 0 amide bonds. The van der Waals surface area contributed by atoms with E-state index >= 15 is 0 Å². The van der Waals surface area contributed by atoms with E-state index in [1.54, 1.807) is 0 Å². The Hall–Kier alpha value is -1.09. The smallest absolute Gasteiger partial charge is 0.171 e. The van der Waals surface area contributed by atoms with Crippen molar-refractivity contribution < 1.29 is 0 Å². The second-order valence-corrected chi connectivity index (χ2v) is 10.3. The van der Waals surface area contributed by atoms with E-state index in [1.807, 2.05) is 0 Å². The number of nitrogens with one attached hydrogen (secondary N) is 2. The van der Waals surface area contributed by atoms with E-state index in [1.165, 1.54) is 55.3 Å². The van der Waals surface area contributed by atoms with Gasteiger partial charge in [-0.2, -0.15) is 0 Å². The summed E-state index contributed by atoms with van der Waals surface area (Å²) in [6.45, 7) is 9.06. The number of rotatable bonds is 4. The van der Waals surface area contributed by atoms with Crippen molar-refractivity contribution >= 4 is 23.0 Å². The molecule has 0 heterocycles. The number of anilines is 1. The van der Waals surface area contributed by atoms with Gasteiger partial charge in [0.2, 0.25) is 0 Å². The molecule has 2 nitrogen and oxygen atoms in total. The molecule has 4 aliphatic rings. The molecule has 4 aliphatic carbocycles. The Morgan fingerprint density at radius 3 is 1.81 bits per heavy atom. The molecule has 0 saturated heterocycles. The molecular formula is C23H34N2S. The summed E-state index contributed by atoms with van der Waals surface area (Å²) in [5.41, 5.74) is 4.24. The summed E-state index contributed by atoms with van der Waals surface area (Å²) in [5, 5.41) is 8.30. The van der Waals surface area contributed by atoms with Crippen LogP contribution >= 0.6 is 12.2 Å². The molecule has 3 heteroatoms. The van der Waals surface area contributed by atoms with Crippen molar-refractivity contribution in [2.75, 3.05) is 5.32 Å². The van der Waals surface area contributed by atoms with Crippen molar-refractivity contribution in [1.82, 2.24) is 5.32 Å². The van der Waals surface area contributed by atoms with Crippen molar-refractivity contribution in [3.63, 3.8) is 0 Å². The molecule has 1 aromatic carbocycles. The van der Waals surface area contributed by atoms with Crippen molar-refractivity contribution in [3.05, 3.63) is 29.3 Å². The Kier molecular flexibility index (Phi) is 4.79. The van der Waals surface area contributed by atoms with Crippen LogP contribution in [0.1, 0.15) is 89.2 Å². The summed E-state index contributed by atoms with van der Waals surface area (Å²) in [4.78, 5) is 0. The molecule has 142 valence electrons. The van der Waals surface area contributed by atoms with E-state index in [2.05, 4.69) is 56.5 Å². The van der Waals surface area contributed by atoms with Crippen LogP contribution in [0.15, 0.2) is 18.2 Å². The molecule has 0 radical (unpaired) electrons. The van der Waals surface area contributed by atoms with Crippen LogP contribution in [0, 0.1) is 17.8 Å². The van der Waals surface area contributed by atoms with Gasteiger partial charge in [-0.05, 0) is 91.5 Å². The number of benzene rings is 1. The monoisotopic (exact) mass is 370 g/mol. The van der Waals surface area contributed by atoms with Crippen LogP contribution in [0.25, 0.3) is 0 Å². The SMILES string of the molecule is CC(C)c1cccc(C(C)C)c1NC(=S)NC12CC3CC(CC(C3)C1)C2. The summed E-state index contributed by atoms with van der Waals surface area (Å²) in [5.74, 6) is 3.78. The van der Waals surface area contributed by atoms with Gasteiger partial charge in [-0.1, -0.05) is 45.9 Å². The first-order valence-electron chi connectivity index (χ1n) is 10.6. The highest BCUT2D eigenvalue weighted by Gasteiger charge is 2.51. The largest absolute Gasteiger partial charge is 0.357 e. The first kappa shape index (κ1) is 18.3. The Morgan fingerprint density at radius 1 is 0.923 bits per heavy atom. The zero-order valence-electron chi connectivity index (χ0n) is 16.8. The Labute approximate surface area is 164 Å². The van der Waals surface area contributed by atoms with E-state index in [-0.39, 0.29) is 5.54 Å². The van der Waals surface area contributed by atoms with Crippen LogP contribution in [0.2, 0.25) is 0 Å². The first-order valence-corrected chi connectivity index (χ1v) is 11.0. The van der Waals surface area contributed by atoms with Crippen LogP contribution in [0.4, 0.5) is 5.69 Å². The predicted octanol–water partition coefficient (Wildman–Crippen LogP) is 6.19. The standard InChI is InChI=1S/C23H34N2S/c1-14(2)19-6-5-7-20(15(3)4)21(19)24-22(26)25-23-11-16-8-17(12-23)10-18(9-16)13-23/h5-7,14-18H,8-13H2,1-4H3,(H2,24,25,26). The van der Waals surface area contributed by atoms with Gasteiger partial charge in [0, 0.05) is 11.2 Å². The van der Waals surface area contributed by atoms with E-state index in [0.29, 0.717) is 11.8 Å². The minimum atomic E-state index is 0.267. The third-order valence-corrected chi connectivity index (χ3v) is 7.23. The van der Waals surface area contributed by atoms with Gasteiger partial charge in [0.25, 0.3) is 0 Å². The van der Waals surface area contributed by atoms with E-state index in [9.17, 15) is 0 Å². The molecule has 2 N–H and O–H groups in total. The zero-order valence-corrected chi connectivity index (χ0v) is 17.6. The number of hydrogen-bond donors (Lipinski definition) is 2. The molecule has 0 atom stereocenters. The molecule has 0 unspecified atom stereocenters. The summed E-state index contributed by atoms with van der Waals surface area (Å²) in [6.07, 6.45) is 8.37. The van der Waals surface area contributed by atoms with Crippen molar-refractivity contribution in [2.45, 2.75) is 83.6 Å². The van der Waals surface area contributed by atoms with Crippen LogP contribution in [-0.2, 0) is 0 Å². The van der Waals surface area contributed by atoms with Gasteiger partial charge in [0.05, 0.1) is 0 Å². The van der Waals surface area contributed by atoms with Gasteiger partial charge in [-0.25, -0.2) is 0 Å². The number of para-hydroxylation sites is 1. The highest BCUT2D eigenvalue weighted by atomic mass is 32.1. The molecule has 1 aromatic rings. The lowest BCUT2D eigenvalue weighted by molar-refractivity contribution is -0.00972. The molecule has 0 aliphatic heterocycles. The normalized spacial score (nSPS) is 32.3. The van der Waals surface area contributed by atoms with Crippen molar-refractivity contribution in [2.24, 2.45) is 17.8 Å². The van der Waals surface area contributed by atoms with Gasteiger partial charge >= 0.3 is 0 Å². The fourth-order valence-corrected chi connectivity index (χ4v) is 6.66. The molecule has 0 aromatic heterocycles. The lowest BCUT2D eigenvalue weighted by Gasteiger charge is -2.57. The second kappa shape index (κ2) is 6.82. The van der Waals surface area contributed by atoms with Crippen LogP contribution < -0.4 is 10.6 Å². The first-order chi connectivity index (χ1) is 12.3. The van der Waals surface area contributed by atoms with Gasteiger partial charge in [-0.15, -0.1) is 0 Å². The van der Waals surface area contributed by atoms with Gasteiger partial charge < -0.3 is 10.6 Å². The van der Waals surface area contributed by atoms with E-state index < -0.39 is 0 Å². The van der Waals surface area contributed by atoms with Crippen LogP contribution in [-0.4, -0.2) is 10.7 Å². The maximum Gasteiger partial charge on any atom is 0.171 e. The summed E-state index contributed by atoms with van der Waals surface area (Å²) >= 11 is 5.84. The van der Waals surface area contributed by atoms with Crippen LogP contribution in [0.3, 0.4) is 0 Å². The fraction of sp³-hybridized carbons (Fsp3) is 0.696. The van der Waals surface area contributed by atoms with Gasteiger partial charge in [0.1, 0.15) is 0 Å². The molecule has 0 spiro atoms. The molecular weight excluding hydrogens is 336 g/mol. The Bertz CT molecular complexity index is 630. The molecule has 4 bridgehead atoms. The van der Waals surface area contributed by atoms with Crippen molar-refractivity contribution in [1.29, 1.82) is 0 Å². The quantitative estimate of drug-likeness (QED) is 0.618. The predicted molar refractivity (Wildman–Crippen MR) is 115 cm³/mol. The van der Waals surface area contributed by atoms with E-state index in [0.717, 1.165) is 22.9 Å². The number of hydrogen-bond acceptors (Lipinski definition) is 1. The van der Waals surface area contributed by atoms with Crippen LogP contribution in [0.5, 0.6) is 0 Å². The summed E-state index contributed by atoms with van der Waals surface area (Å²) in [7, 11) is 0. The number of thiocarbonyl (C=S) groups is 1. The molecule has 4 saturated carbocycles. The van der Waals surface area contributed by atoms with Crippen molar-refractivity contribution in [3.8, 4) is 0 Å². The lowest BCUT2D eigenvalue weighted by Crippen LogP contribution is -2.60. The minimum absolute atomic E-state index is 0.267. The van der Waals surface area contributed by atoms with Gasteiger partial charge in [-0.3, -0.25) is 0 Å². The fourth-order valence-electron chi connectivity index (χ4n) is 6.34. The zero-order chi connectivity index (χ0) is 18.5. The highest BCUT2D eigenvalue weighted by molar-refractivity contribution is 7.80. The Balaban J connectivity index is 1.54. The molecule has 5 rings (SSSR count). The molecule has 26 heavy (non-hydrogen) atoms. The maximum atomic E-state index is 5.84. The van der Waals surface area contributed by atoms with Gasteiger partial charge in [0.15, 0.2) is 5.11 Å². The third kappa shape index (κ3) is 3.40. The topological polar surface area (TPSA) is 24.1 Å².